The van der Waals surface area contributed by atoms with Crippen LogP contribution < -0.4 is 5.32 Å². The van der Waals surface area contributed by atoms with Crippen LogP contribution in [-0.4, -0.2) is 26.4 Å². The maximum absolute atomic E-state index is 12.5. The van der Waals surface area contributed by atoms with E-state index in [1.807, 2.05) is 84.3 Å². The van der Waals surface area contributed by atoms with Crippen LogP contribution in [0.1, 0.15) is 5.56 Å². The highest BCUT2D eigenvalue weighted by Crippen LogP contribution is 2.28. The molecule has 1 aromatic heterocycles. The van der Waals surface area contributed by atoms with Crippen molar-refractivity contribution >= 4 is 35.0 Å². The second kappa shape index (κ2) is 9.15. The van der Waals surface area contributed by atoms with E-state index in [0.717, 1.165) is 22.6 Å². The van der Waals surface area contributed by atoms with E-state index in [2.05, 4.69) is 15.5 Å². The normalized spacial score (nSPS) is 10.7. The molecule has 0 saturated heterocycles. The Morgan fingerprint density at radius 3 is 2.40 bits per heavy atom. The molecule has 30 heavy (non-hydrogen) atoms. The van der Waals surface area contributed by atoms with E-state index >= 15 is 0 Å². The van der Waals surface area contributed by atoms with E-state index in [1.54, 1.807) is 6.07 Å². The highest BCUT2D eigenvalue weighted by Gasteiger charge is 2.17. The minimum absolute atomic E-state index is 0.135. The summed E-state index contributed by atoms with van der Waals surface area (Å²) in [5.41, 5.74) is 3.54. The third kappa shape index (κ3) is 4.56. The number of amides is 1. The Morgan fingerprint density at radius 1 is 1.00 bits per heavy atom. The largest absolute Gasteiger partial charge is 0.325 e. The Bertz CT molecular complexity index is 1160. The van der Waals surface area contributed by atoms with Gasteiger partial charge in [-0.25, -0.2) is 0 Å². The van der Waals surface area contributed by atoms with Gasteiger partial charge in [0.25, 0.3) is 0 Å². The number of aromatic nitrogens is 3. The van der Waals surface area contributed by atoms with Crippen molar-refractivity contribution in [3.05, 3.63) is 89.4 Å². The van der Waals surface area contributed by atoms with Gasteiger partial charge in [0.15, 0.2) is 11.0 Å². The van der Waals surface area contributed by atoms with Crippen molar-refractivity contribution in [1.82, 2.24) is 14.8 Å². The monoisotopic (exact) mass is 434 g/mol. The number of rotatable bonds is 6. The third-order valence-electron chi connectivity index (χ3n) is 4.47. The molecular weight excluding hydrogens is 416 g/mol. The van der Waals surface area contributed by atoms with Crippen LogP contribution in [0.2, 0.25) is 5.02 Å². The molecule has 0 bridgehead atoms. The first-order valence-corrected chi connectivity index (χ1v) is 10.7. The number of halogens is 1. The molecule has 0 saturated carbocycles. The lowest BCUT2D eigenvalue weighted by molar-refractivity contribution is -0.113. The molecule has 0 aliphatic carbocycles. The highest BCUT2D eigenvalue weighted by molar-refractivity contribution is 7.99. The van der Waals surface area contributed by atoms with Gasteiger partial charge in [-0.1, -0.05) is 78.0 Å². The standard InChI is InChI=1S/C23H19ClN4OS/c1-16-12-13-18(14-20(16)24)25-21(29)15-30-23-27-26-22(17-8-4-2-5-9-17)28(23)19-10-6-3-7-11-19/h2-14H,15H2,1H3,(H,25,29). The third-order valence-corrected chi connectivity index (χ3v) is 5.80. The second-order valence-electron chi connectivity index (χ2n) is 6.64. The molecule has 0 aliphatic rings. The van der Waals surface area contributed by atoms with Crippen molar-refractivity contribution in [2.24, 2.45) is 0 Å². The molecule has 0 fully saturated rings. The van der Waals surface area contributed by atoms with Gasteiger partial charge in [0.1, 0.15) is 0 Å². The first-order valence-electron chi connectivity index (χ1n) is 9.37. The zero-order valence-corrected chi connectivity index (χ0v) is 17.8. The van der Waals surface area contributed by atoms with Crippen LogP contribution in [-0.2, 0) is 4.79 Å². The summed E-state index contributed by atoms with van der Waals surface area (Å²) in [6.45, 7) is 1.92. The Balaban J connectivity index is 1.56. The lowest BCUT2D eigenvalue weighted by Gasteiger charge is -2.10. The average Bonchev–Trinajstić information content (AvgIpc) is 3.20. The summed E-state index contributed by atoms with van der Waals surface area (Å²) >= 11 is 7.48. The summed E-state index contributed by atoms with van der Waals surface area (Å²) in [5, 5.41) is 12.9. The van der Waals surface area contributed by atoms with Crippen molar-refractivity contribution < 1.29 is 4.79 Å². The van der Waals surface area contributed by atoms with Crippen LogP contribution in [0.15, 0.2) is 84.0 Å². The molecule has 0 atom stereocenters. The Hall–Kier alpha value is -3.09. The zero-order valence-electron chi connectivity index (χ0n) is 16.2. The molecule has 4 rings (SSSR count). The van der Waals surface area contributed by atoms with Crippen LogP contribution in [0.3, 0.4) is 0 Å². The number of carbonyl (C=O) groups excluding carboxylic acids is 1. The van der Waals surface area contributed by atoms with Gasteiger partial charge in [-0.2, -0.15) is 0 Å². The minimum atomic E-state index is -0.135. The molecule has 150 valence electrons. The van der Waals surface area contributed by atoms with E-state index in [1.165, 1.54) is 11.8 Å². The predicted molar refractivity (Wildman–Crippen MR) is 122 cm³/mol. The van der Waals surface area contributed by atoms with E-state index in [0.29, 0.717) is 15.9 Å². The smallest absolute Gasteiger partial charge is 0.234 e. The van der Waals surface area contributed by atoms with E-state index in [4.69, 9.17) is 11.6 Å². The number of aryl methyl sites for hydroxylation is 1. The fourth-order valence-electron chi connectivity index (χ4n) is 2.95. The van der Waals surface area contributed by atoms with Crippen molar-refractivity contribution in [3.8, 4) is 17.1 Å². The Morgan fingerprint density at radius 2 is 1.70 bits per heavy atom. The number of nitrogens with one attached hydrogen (secondary N) is 1. The number of nitrogens with zero attached hydrogens (tertiary/aromatic N) is 3. The Labute approximate surface area is 184 Å². The molecule has 3 aromatic carbocycles. The fourth-order valence-corrected chi connectivity index (χ4v) is 3.88. The molecule has 1 N–H and O–H groups in total. The maximum atomic E-state index is 12.5. The van der Waals surface area contributed by atoms with Gasteiger partial charge in [-0.15, -0.1) is 10.2 Å². The molecule has 1 amide bonds. The van der Waals surface area contributed by atoms with E-state index in [9.17, 15) is 4.79 Å². The summed E-state index contributed by atoms with van der Waals surface area (Å²) in [6, 6.07) is 25.2. The molecule has 0 spiro atoms. The van der Waals surface area contributed by atoms with Gasteiger partial charge in [0, 0.05) is 22.0 Å². The lowest BCUT2D eigenvalue weighted by atomic mass is 10.2. The van der Waals surface area contributed by atoms with Crippen molar-refractivity contribution in [1.29, 1.82) is 0 Å². The van der Waals surface area contributed by atoms with Crippen LogP contribution in [0.25, 0.3) is 17.1 Å². The van der Waals surface area contributed by atoms with Crippen LogP contribution in [0.4, 0.5) is 5.69 Å². The summed E-state index contributed by atoms with van der Waals surface area (Å²) < 4.78 is 1.97. The van der Waals surface area contributed by atoms with Crippen molar-refractivity contribution in [3.63, 3.8) is 0 Å². The number of benzene rings is 3. The first kappa shape index (κ1) is 20.2. The van der Waals surface area contributed by atoms with Crippen LogP contribution in [0.5, 0.6) is 0 Å². The molecular formula is C23H19ClN4OS. The quantitative estimate of drug-likeness (QED) is 0.400. The van der Waals surface area contributed by atoms with Gasteiger partial charge >= 0.3 is 0 Å². The van der Waals surface area contributed by atoms with Gasteiger partial charge in [0.2, 0.25) is 5.91 Å². The fraction of sp³-hybridized carbons (Fsp3) is 0.0870. The highest BCUT2D eigenvalue weighted by atomic mass is 35.5. The molecule has 5 nitrogen and oxygen atoms in total. The first-order chi connectivity index (χ1) is 14.6. The molecule has 4 aromatic rings. The second-order valence-corrected chi connectivity index (χ2v) is 7.99. The van der Waals surface area contributed by atoms with Gasteiger partial charge in [0.05, 0.1) is 5.75 Å². The number of para-hydroxylation sites is 1. The number of thioether (sulfide) groups is 1. The molecule has 0 unspecified atom stereocenters. The summed E-state index contributed by atoms with van der Waals surface area (Å²) in [5.74, 6) is 0.796. The number of hydrogen-bond donors (Lipinski definition) is 1. The topological polar surface area (TPSA) is 59.8 Å². The number of carbonyl (C=O) groups is 1. The number of hydrogen-bond acceptors (Lipinski definition) is 4. The predicted octanol–water partition coefficient (Wildman–Crippen LogP) is 5.63. The van der Waals surface area contributed by atoms with Gasteiger partial charge < -0.3 is 5.32 Å². The van der Waals surface area contributed by atoms with Crippen LogP contribution in [0, 0.1) is 6.92 Å². The SMILES string of the molecule is Cc1ccc(NC(=O)CSc2nnc(-c3ccccc3)n2-c2ccccc2)cc1Cl. The average molecular weight is 435 g/mol. The molecule has 1 heterocycles. The van der Waals surface area contributed by atoms with E-state index < -0.39 is 0 Å². The van der Waals surface area contributed by atoms with Crippen molar-refractivity contribution in [2.75, 3.05) is 11.1 Å². The van der Waals surface area contributed by atoms with Gasteiger partial charge in [-0.3, -0.25) is 9.36 Å². The maximum Gasteiger partial charge on any atom is 0.234 e. The molecule has 0 radical (unpaired) electrons. The molecule has 0 aliphatic heterocycles. The van der Waals surface area contributed by atoms with Gasteiger partial charge in [-0.05, 0) is 36.8 Å². The molecule has 7 heteroatoms. The lowest BCUT2D eigenvalue weighted by Crippen LogP contribution is -2.14. The summed E-state index contributed by atoms with van der Waals surface area (Å²) in [6.07, 6.45) is 0. The number of anilines is 1. The minimum Gasteiger partial charge on any atom is -0.325 e. The zero-order chi connectivity index (χ0) is 20.9. The summed E-state index contributed by atoms with van der Waals surface area (Å²) in [4.78, 5) is 12.5. The summed E-state index contributed by atoms with van der Waals surface area (Å²) in [7, 11) is 0. The van der Waals surface area contributed by atoms with E-state index in [-0.39, 0.29) is 11.7 Å². The van der Waals surface area contributed by atoms with Crippen LogP contribution >= 0.6 is 23.4 Å². The van der Waals surface area contributed by atoms with Crippen molar-refractivity contribution in [2.45, 2.75) is 12.1 Å². The Kier molecular flexibility index (Phi) is 6.16.